The lowest BCUT2D eigenvalue weighted by atomic mass is 10.0. The van der Waals surface area contributed by atoms with E-state index in [0.717, 1.165) is 0 Å². The van der Waals surface area contributed by atoms with Crippen LogP contribution in [0.25, 0.3) is 0 Å². The highest BCUT2D eigenvalue weighted by atomic mass is 35.5. The Kier molecular flexibility index (Phi) is 6.96. The van der Waals surface area contributed by atoms with E-state index in [2.05, 4.69) is 5.32 Å². The van der Waals surface area contributed by atoms with Crippen LogP contribution in [0.5, 0.6) is 0 Å². The first kappa shape index (κ1) is 20.5. The predicted octanol–water partition coefficient (Wildman–Crippen LogP) is 3.38. The molecule has 2 N–H and O–H groups in total. The van der Waals surface area contributed by atoms with E-state index >= 15 is 0 Å². The molecule has 0 unspecified atom stereocenters. The van der Waals surface area contributed by atoms with Crippen molar-refractivity contribution < 1.29 is 19.5 Å². The van der Waals surface area contributed by atoms with Crippen LogP contribution in [0, 0.1) is 0 Å². The van der Waals surface area contributed by atoms with Crippen molar-refractivity contribution in [1.29, 1.82) is 0 Å². The smallest absolute Gasteiger partial charge is 0.305 e. The molecule has 0 aliphatic heterocycles. The zero-order chi connectivity index (χ0) is 20.0. The maximum absolute atomic E-state index is 12.6. The minimum Gasteiger partial charge on any atom is -0.481 e. The number of carboxylic acids is 1. The molecular weight excluding hydrogens is 368 g/mol. The summed E-state index contributed by atoms with van der Waals surface area (Å²) in [6.45, 7) is 2.41. The average molecular weight is 389 g/mol. The van der Waals surface area contributed by atoms with Crippen LogP contribution < -0.4 is 5.32 Å². The zero-order valence-corrected chi connectivity index (χ0v) is 15.9. The summed E-state index contributed by atoms with van der Waals surface area (Å²) < 4.78 is 0. The summed E-state index contributed by atoms with van der Waals surface area (Å²) >= 11 is 5.87. The van der Waals surface area contributed by atoms with Gasteiger partial charge in [0, 0.05) is 29.7 Å². The Hall–Kier alpha value is -2.86. The average Bonchev–Trinajstić information content (AvgIpc) is 2.66. The van der Waals surface area contributed by atoms with Gasteiger partial charge in [-0.05, 0) is 42.8 Å². The summed E-state index contributed by atoms with van der Waals surface area (Å²) in [5.74, 6) is -1.68. The van der Waals surface area contributed by atoms with E-state index < -0.39 is 17.9 Å². The van der Waals surface area contributed by atoms with E-state index in [4.69, 9.17) is 16.7 Å². The summed E-state index contributed by atoms with van der Waals surface area (Å²) in [6, 6.07) is 12.2. The highest BCUT2D eigenvalue weighted by Gasteiger charge is 2.20. The van der Waals surface area contributed by atoms with Crippen molar-refractivity contribution in [3.63, 3.8) is 0 Å². The third kappa shape index (κ3) is 5.56. The molecule has 0 aromatic heterocycles. The molecule has 0 radical (unpaired) electrons. The fraction of sp³-hybridized carbons (Fsp3) is 0.250. The number of nitrogens with one attached hydrogen (secondary N) is 1. The standard InChI is InChI=1S/C20H21ClN2O4/c1-3-23(2)20(27)15-6-4-5-14(11-15)19(26)22-17(12-18(24)25)13-7-9-16(21)10-8-13/h4-11,17H,3,12H2,1-2H3,(H,22,26)(H,24,25)/t17-/m0/s1. The van der Waals surface area contributed by atoms with E-state index in [-0.39, 0.29) is 17.9 Å². The number of amides is 2. The third-order valence-corrected chi connectivity index (χ3v) is 4.40. The quantitative estimate of drug-likeness (QED) is 0.761. The van der Waals surface area contributed by atoms with Gasteiger partial charge >= 0.3 is 5.97 Å². The molecule has 6 nitrogen and oxygen atoms in total. The molecule has 0 bridgehead atoms. The second kappa shape index (κ2) is 9.19. The molecule has 2 amide bonds. The molecule has 0 aliphatic rings. The van der Waals surface area contributed by atoms with Gasteiger partial charge in [-0.3, -0.25) is 14.4 Å². The SMILES string of the molecule is CCN(C)C(=O)c1cccc(C(=O)N[C@@H](CC(=O)O)c2ccc(Cl)cc2)c1. The number of benzene rings is 2. The molecule has 0 spiro atoms. The van der Waals surface area contributed by atoms with Gasteiger partial charge in [-0.25, -0.2) is 0 Å². The number of hydrogen-bond donors (Lipinski definition) is 2. The molecule has 0 aliphatic carbocycles. The number of aliphatic carboxylic acids is 1. The van der Waals surface area contributed by atoms with Gasteiger partial charge in [0.25, 0.3) is 11.8 Å². The lowest BCUT2D eigenvalue weighted by Crippen LogP contribution is -2.31. The normalized spacial score (nSPS) is 11.5. The van der Waals surface area contributed by atoms with Gasteiger partial charge in [0.1, 0.15) is 0 Å². The largest absolute Gasteiger partial charge is 0.481 e. The molecule has 2 aromatic carbocycles. The predicted molar refractivity (Wildman–Crippen MR) is 103 cm³/mol. The molecule has 2 rings (SSSR count). The molecule has 0 fully saturated rings. The van der Waals surface area contributed by atoms with Gasteiger partial charge in [0.2, 0.25) is 0 Å². The minimum absolute atomic E-state index is 0.188. The maximum atomic E-state index is 12.6. The number of carboxylic acid groups (broad SMARTS) is 1. The Morgan fingerprint density at radius 3 is 2.33 bits per heavy atom. The van der Waals surface area contributed by atoms with Gasteiger partial charge in [0.15, 0.2) is 0 Å². The number of carbonyl (C=O) groups excluding carboxylic acids is 2. The van der Waals surface area contributed by atoms with Crippen LogP contribution in [-0.2, 0) is 4.79 Å². The Morgan fingerprint density at radius 1 is 1.11 bits per heavy atom. The van der Waals surface area contributed by atoms with E-state index in [1.165, 1.54) is 11.0 Å². The van der Waals surface area contributed by atoms with Gasteiger partial charge < -0.3 is 15.3 Å². The van der Waals surface area contributed by atoms with Crippen molar-refractivity contribution in [2.45, 2.75) is 19.4 Å². The van der Waals surface area contributed by atoms with Crippen molar-refractivity contribution in [2.24, 2.45) is 0 Å². The Bertz CT molecular complexity index is 836. The van der Waals surface area contributed by atoms with Gasteiger partial charge in [-0.1, -0.05) is 29.8 Å². The van der Waals surface area contributed by atoms with Crippen LogP contribution in [0.4, 0.5) is 0 Å². The third-order valence-electron chi connectivity index (χ3n) is 4.15. The molecule has 0 heterocycles. The van der Waals surface area contributed by atoms with Crippen LogP contribution >= 0.6 is 11.6 Å². The number of nitrogens with zero attached hydrogens (tertiary/aromatic N) is 1. The minimum atomic E-state index is -1.04. The second-order valence-corrected chi connectivity index (χ2v) is 6.51. The molecule has 7 heteroatoms. The lowest BCUT2D eigenvalue weighted by molar-refractivity contribution is -0.137. The number of rotatable bonds is 7. The van der Waals surface area contributed by atoms with E-state index in [1.807, 2.05) is 6.92 Å². The van der Waals surface area contributed by atoms with Crippen molar-refractivity contribution in [3.05, 3.63) is 70.2 Å². The molecular formula is C20H21ClN2O4. The summed E-state index contributed by atoms with van der Waals surface area (Å²) in [7, 11) is 1.68. The van der Waals surface area contributed by atoms with E-state index in [9.17, 15) is 14.4 Å². The van der Waals surface area contributed by atoms with Gasteiger partial charge in [-0.2, -0.15) is 0 Å². The van der Waals surface area contributed by atoms with Crippen molar-refractivity contribution in [2.75, 3.05) is 13.6 Å². The number of carbonyl (C=O) groups is 3. The first-order valence-electron chi connectivity index (χ1n) is 8.45. The van der Waals surface area contributed by atoms with Crippen molar-refractivity contribution >= 4 is 29.4 Å². The van der Waals surface area contributed by atoms with Gasteiger partial charge in [0.05, 0.1) is 12.5 Å². The molecule has 0 saturated heterocycles. The highest BCUT2D eigenvalue weighted by Crippen LogP contribution is 2.20. The lowest BCUT2D eigenvalue weighted by Gasteiger charge is -2.18. The van der Waals surface area contributed by atoms with Crippen LogP contribution in [0.15, 0.2) is 48.5 Å². The van der Waals surface area contributed by atoms with Crippen LogP contribution in [0.2, 0.25) is 5.02 Å². The zero-order valence-electron chi connectivity index (χ0n) is 15.1. The Balaban J connectivity index is 2.23. The highest BCUT2D eigenvalue weighted by molar-refractivity contribution is 6.30. The first-order valence-corrected chi connectivity index (χ1v) is 8.83. The van der Waals surface area contributed by atoms with Crippen LogP contribution in [0.3, 0.4) is 0 Å². The number of halogens is 1. The fourth-order valence-electron chi connectivity index (χ4n) is 2.52. The topological polar surface area (TPSA) is 86.7 Å². The summed E-state index contributed by atoms with van der Waals surface area (Å²) in [5.41, 5.74) is 1.32. The monoisotopic (exact) mass is 388 g/mol. The summed E-state index contributed by atoms with van der Waals surface area (Å²) in [5, 5.41) is 12.4. The van der Waals surface area contributed by atoms with Crippen molar-refractivity contribution in [1.82, 2.24) is 10.2 Å². The summed E-state index contributed by atoms with van der Waals surface area (Å²) in [4.78, 5) is 37.6. The van der Waals surface area contributed by atoms with E-state index in [1.54, 1.807) is 49.5 Å². The summed E-state index contributed by atoms with van der Waals surface area (Å²) in [6.07, 6.45) is -0.273. The number of hydrogen-bond acceptors (Lipinski definition) is 3. The van der Waals surface area contributed by atoms with E-state index in [0.29, 0.717) is 22.7 Å². The van der Waals surface area contributed by atoms with Crippen LogP contribution in [0.1, 0.15) is 45.7 Å². The Labute approximate surface area is 162 Å². The molecule has 27 heavy (non-hydrogen) atoms. The Morgan fingerprint density at radius 2 is 1.74 bits per heavy atom. The molecule has 142 valence electrons. The van der Waals surface area contributed by atoms with Gasteiger partial charge in [-0.15, -0.1) is 0 Å². The molecule has 0 saturated carbocycles. The first-order chi connectivity index (χ1) is 12.8. The maximum Gasteiger partial charge on any atom is 0.305 e. The molecule has 1 atom stereocenters. The fourth-order valence-corrected chi connectivity index (χ4v) is 2.65. The van der Waals surface area contributed by atoms with Crippen LogP contribution in [-0.4, -0.2) is 41.4 Å². The van der Waals surface area contributed by atoms with Crippen molar-refractivity contribution in [3.8, 4) is 0 Å². The second-order valence-electron chi connectivity index (χ2n) is 6.08. The molecule has 2 aromatic rings.